The van der Waals surface area contributed by atoms with Gasteiger partial charge in [-0.15, -0.1) is 0 Å². The lowest BCUT2D eigenvalue weighted by atomic mass is 9.72. The number of ether oxygens (including phenoxy) is 3. The molecule has 2 aliphatic heterocycles. The molecule has 3 rings (SSSR count). The highest BCUT2D eigenvalue weighted by atomic mass is 16.7. The van der Waals surface area contributed by atoms with E-state index in [-0.39, 0.29) is 6.29 Å². The lowest BCUT2D eigenvalue weighted by Gasteiger charge is -2.45. The van der Waals surface area contributed by atoms with Crippen molar-refractivity contribution in [3.8, 4) is 0 Å². The zero-order chi connectivity index (χ0) is 30.3. The molecule has 7 unspecified atom stereocenters. The summed E-state index contributed by atoms with van der Waals surface area (Å²) < 4.78 is 16.7. The monoisotopic (exact) mass is 581 g/mol. The van der Waals surface area contributed by atoms with Crippen LogP contribution in [0.4, 0.5) is 0 Å². The van der Waals surface area contributed by atoms with Gasteiger partial charge in [-0.05, 0) is 13.3 Å². The molecule has 0 bridgehead atoms. The molecular formula is C21H39N7O12. The Balaban J connectivity index is 1.99. The number of hydrogen-bond acceptors (Lipinski definition) is 15. The van der Waals surface area contributed by atoms with Gasteiger partial charge in [-0.1, -0.05) is 0 Å². The molecule has 0 radical (unpaired) electrons. The number of guanidine groups is 2. The summed E-state index contributed by atoms with van der Waals surface area (Å²) in [5.41, 5.74) is 24.9. The molecule has 3 fully saturated rings. The van der Waals surface area contributed by atoms with Crippen molar-refractivity contribution in [1.82, 2.24) is 0 Å². The Morgan fingerprint density at radius 2 is 1.48 bits per heavy atom. The largest absolute Gasteiger partial charge is 0.394 e. The van der Waals surface area contributed by atoms with Crippen molar-refractivity contribution in [3.05, 3.63) is 0 Å². The average Bonchev–Trinajstić information content (AvgIpc) is 3.07. The minimum absolute atomic E-state index is 0.0515. The van der Waals surface area contributed by atoms with Gasteiger partial charge in [0.25, 0.3) is 0 Å². The van der Waals surface area contributed by atoms with Gasteiger partial charge in [-0.25, -0.2) is 9.98 Å². The van der Waals surface area contributed by atoms with Crippen LogP contribution in [0.15, 0.2) is 9.98 Å². The van der Waals surface area contributed by atoms with Gasteiger partial charge in [-0.3, -0.25) is 4.79 Å². The van der Waals surface area contributed by atoms with Gasteiger partial charge < -0.3 is 83.7 Å². The molecule has 18 N–H and O–H groups in total. The zero-order valence-corrected chi connectivity index (χ0v) is 21.5. The molecule has 15 atom stereocenters. The number of carbonyl (C=O) groups is 1. The third-order valence-electron chi connectivity index (χ3n) is 7.66. The second-order valence-electron chi connectivity index (χ2n) is 10.4. The van der Waals surface area contributed by atoms with Gasteiger partial charge in [-0.2, -0.15) is 0 Å². The molecule has 0 aromatic carbocycles. The van der Waals surface area contributed by atoms with Crippen LogP contribution in [0.25, 0.3) is 0 Å². The Bertz CT molecular complexity index is 964. The van der Waals surface area contributed by atoms with Gasteiger partial charge in [0.05, 0.1) is 30.9 Å². The number of aliphatic hydroxyl groups is 8. The predicted molar refractivity (Wildman–Crippen MR) is 132 cm³/mol. The number of nitrogens with two attached hydrogens (primary N) is 5. The van der Waals surface area contributed by atoms with E-state index in [4.69, 9.17) is 42.9 Å². The van der Waals surface area contributed by atoms with Gasteiger partial charge >= 0.3 is 0 Å². The first-order valence-electron chi connectivity index (χ1n) is 12.3. The normalized spacial score (nSPS) is 49.3. The molecule has 2 saturated heterocycles. The van der Waals surface area contributed by atoms with E-state index in [1.165, 1.54) is 0 Å². The van der Waals surface area contributed by atoms with E-state index in [1.54, 1.807) is 0 Å². The predicted octanol–water partition coefficient (Wildman–Crippen LogP) is -8.44. The van der Waals surface area contributed by atoms with Crippen molar-refractivity contribution < 1.29 is 59.9 Å². The third-order valence-corrected chi connectivity index (χ3v) is 7.66. The molecule has 0 spiro atoms. The fourth-order valence-corrected chi connectivity index (χ4v) is 5.44. The summed E-state index contributed by atoms with van der Waals surface area (Å²) in [6.45, 7) is 0.198. The quantitative estimate of drug-likeness (QED) is 0.0718. The maximum atomic E-state index is 12.1. The van der Waals surface area contributed by atoms with Crippen LogP contribution in [0.1, 0.15) is 13.3 Å². The first kappa shape index (κ1) is 32.2. The van der Waals surface area contributed by atoms with E-state index in [1.807, 2.05) is 0 Å². The van der Waals surface area contributed by atoms with Gasteiger partial charge in [0, 0.05) is 5.92 Å². The summed E-state index contributed by atoms with van der Waals surface area (Å²) in [6.07, 6.45) is -15.3. The van der Waals surface area contributed by atoms with E-state index in [0.29, 0.717) is 0 Å². The first-order chi connectivity index (χ1) is 18.5. The summed E-state index contributed by atoms with van der Waals surface area (Å²) in [6, 6.07) is -4.29. The number of carbonyl (C=O) groups excluding carboxylic acids is 1. The summed E-state index contributed by atoms with van der Waals surface area (Å²) in [4.78, 5) is 19.8. The molecule has 19 heteroatoms. The van der Waals surface area contributed by atoms with Crippen molar-refractivity contribution >= 4 is 18.2 Å². The Morgan fingerprint density at radius 3 is 2.00 bits per heavy atom. The van der Waals surface area contributed by atoms with Crippen LogP contribution in [0, 0.1) is 5.92 Å². The first-order valence-corrected chi connectivity index (χ1v) is 12.3. The fourth-order valence-electron chi connectivity index (χ4n) is 5.44. The van der Waals surface area contributed by atoms with Gasteiger partial charge in [0.2, 0.25) is 11.4 Å². The number of rotatable bonds is 8. The molecule has 0 aromatic heterocycles. The minimum Gasteiger partial charge on any atom is -0.394 e. The summed E-state index contributed by atoms with van der Waals surface area (Å²) in [7, 11) is 0. The smallest absolute Gasteiger partial charge is 0.202 e. The van der Waals surface area contributed by atoms with E-state index < -0.39 is 116 Å². The van der Waals surface area contributed by atoms with Crippen LogP contribution < -0.4 is 28.7 Å². The molecule has 1 saturated carbocycles. The molecule has 0 amide bonds. The molecule has 40 heavy (non-hydrogen) atoms. The summed E-state index contributed by atoms with van der Waals surface area (Å²) in [5.74, 6) is -4.89. The number of aliphatic imine (C=N–C) groups is 2. The van der Waals surface area contributed by atoms with Crippen LogP contribution in [0.5, 0.6) is 0 Å². The minimum atomic E-state index is -2.79. The molecule has 0 aromatic rings. The molecule has 2 heterocycles. The van der Waals surface area contributed by atoms with Crippen LogP contribution in [-0.2, 0) is 19.0 Å². The van der Waals surface area contributed by atoms with E-state index in [2.05, 4.69) is 9.98 Å². The van der Waals surface area contributed by atoms with Crippen LogP contribution in [-0.4, -0.2) is 150 Å². The fraction of sp³-hybridized carbons (Fsp3) is 0.857. The second kappa shape index (κ2) is 11.9. The number of hydrogen-bond donors (Lipinski definition) is 13. The Hall–Kier alpha value is -2.27. The second-order valence-corrected chi connectivity index (χ2v) is 10.4. The highest BCUT2D eigenvalue weighted by molar-refractivity contribution is 5.76. The molecule has 1 aliphatic carbocycles. The van der Waals surface area contributed by atoms with Gasteiger partial charge in [0.15, 0.2) is 24.5 Å². The van der Waals surface area contributed by atoms with Crippen LogP contribution >= 0.6 is 0 Å². The molecule has 19 nitrogen and oxygen atoms in total. The summed E-state index contributed by atoms with van der Waals surface area (Å²) in [5, 5.41) is 84.5. The lowest BCUT2D eigenvalue weighted by molar-refractivity contribution is -0.294. The molecule has 3 aliphatic rings. The SMILES string of the molecule is C[C@]1(O)O[C@@H](C[C@@H]2C(N=C(N)N)[C@H](O)C(N=C(N)N)C(O)[C@H]2O)C(OC2O[C@H](CO)C(O)[C@@H](O)C2N)[C@@]1(O)C=O. The van der Waals surface area contributed by atoms with E-state index in [9.17, 15) is 45.6 Å². The molecule has 230 valence electrons. The highest BCUT2D eigenvalue weighted by Crippen LogP contribution is 2.44. The van der Waals surface area contributed by atoms with Crippen LogP contribution in [0.3, 0.4) is 0 Å². The van der Waals surface area contributed by atoms with Crippen molar-refractivity contribution in [1.29, 1.82) is 0 Å². The van der Waals surface area contributed by atoms with Crippen molar-refractivity contribution in [2.75, 3.05) is 6.61 Å². The standard InChI is InChI=1S/C21H39N7O12/c1-20(36)21(37,4-30)16(39-17-8(22)13(33)12(32)7(3-29)38-17)6(40-20)2-5-9(27-18(23)24)14(34)10(28-19(25)26)15(35)11(5)31/h4-17,29,31-37H,2-3,22H2,1H3,(H4,23,24,27)(H4,25,26,28)/t5-,6+,7-,8?,9?,10?,11+,12?,13+,14+,15?,16?,17?,20+,21+/m1/s1. The number of aliphatic hydroxyl groups excluding tert-OH is 6. The third kappa shape index (κ3) is 5.73. The summed E-state index contributed by atoms with van der Waals surface area (Å²) >= 11 is 0. The van der Waals surface area contributed by atoms with Gasteiger partial charge in [0.1, 0.15) is 42.7 Å². The molecular weight excluding hydrogens is 542 g/mol. The zero-order valence-electron chi connectivity index (χ0n) is 21.5. The van der Waals surface area contributed by atoms with E-state index >= 15 is 0 Å². The maximum Gasteiger partial charge on any atom is 0.202 e. The highest BCUT2D eigenvalue weighted by Gasteiger charge is 2.66. The Morgan fingerprint density at radius 1 is 0.900 bits per heavy atom. The number of nitrogens with zero attached hydrogens (tertiary/aromatic N) is 2. The van der Waals surface area contributed by atoms with Crippen molar-refractivity contribution in [2.24, 2.45) is 44.6 Å². The van der Waals surface area contributed by atoms with Crippen molar-refractivity contribution in [3.63, 3.8) is 0 Å². The average molecular weight is 582 g/mol. The number of aldehydes is 1. The maximum absolute atomic E-state index is 12.1. The van der Waals surface area contributed by atoms with E-state index in [0.717, 1.165) is 6.92 Å². The topological polar surface area (TPSA) is 361 Å². The van der Waals surface area contributed by atoms with Crippen LogP contribution in [0.2, 0.25) is 0 Å². The lowest BCUT2D eigenvalue weighted by Crippen LogP contribution is -2.65. The Kier molecular flexibility index (Phi) is 9.61. The Labute approximate surface area is 227 Å². The van der Waals surface area contributed by atoms with Crippen molar-refractivity contribution in [2.45, 2.75) is 98.0 Å².